The second-order valence-electron chi connectivity index (χ2n) is 7.92. The summed E-state index contributed by atoms with van der Waals surface area (Å²) in [4.78, 5) is 25.7. The Hall–Kier alpha value is -2.86. The van der Waals surface area contributed by atoms with Crippen molar-refractivity contribution in [2.75, 3.05) is 18.4 Å². The summed E-state index contributed by atoms with van der Waals surface area (Å²) < 4.78 is 6.45. The maximum absolute atomic E-state index is 12.6. The van der Waals surface area contributed by atoms with Crippen LogP contribution in [0, 0.1) is 0 Å². The van der Waals surface area contributed by atoms with Crippen LogP contribution < -0.4 is 5.32 Å². The quantitative estimate of drug-likeness (QED) is 0.816. The molecule has 1 spiro atoms. The van der Waals surface area contributed by atoms with E-state index in [2.05, 4.69) is 29.6 Å². The Morgan fingerprint density at radius 3 is 2.45 bits per heavy atom. The molecule has 1 unspecified atom stereocenters. The molecule has 152 valence electrons. The minimum atomic E-state index is -1.05. The van der Waals surface area contributed by atoms with Gasteiger partial charge in [-0.15, -0.1) is 0 Å². The van der Waals surface area contributed by atoms with Gasteiger partial charge in [-0.3, -0.25) is 0 Å². The number of benzene rings is 2. The van der Waals surface area contributed by atoms with Crippen LogP contribution in [0.2, 0.25) is 0 Å². The van der Waals surface area contributed by atoms with Crippen LogP contribution in [-0.2, 0) is 11.2 Å². The molecule has 2 amide bonds. The van der Waals surface area contributed by atoms with E-state index in [0.29, 0.717) is 18.8 Å². The molecule has 6 heteroatoms. The minimum absolute atomic E-state index is 0.0946. The number of nitrogens with zero attached hydrogens (tertiary/aromatic N) is 1. The number of carboxylic acid groups (broad SMARTS) is 1. The standard InChI is InChI=1S/C23H26N2O4/c26-21(27)19-8-4-5-9-20(19)24-22(28)25-14-12-23(13-15-25)11-10-18(29-23)16-17-6-2-1-3-7-17/h1-9,18H,10-16H2,(H,24,28)(H,26,27). The molecule has 2 aromatic rings. The first-order valence-electron chi connectivity index (χ1n) is 10.1. The first kappa shape index (κ1) is 19.5. The highest BCUT2D eigenvalue weighted by Crippen LogP contribution is 2.40. The maximum atomic E-state index is 12.6. The Balaban J connectivity index is 1.31. The number of piperidine rings is 1. The number of nitrogens with one attached hydrogen (secondary N) is 1. The van der Waals surface area contributed by atoms with Crippen molar-refractivity contribution in [1.82, 2.24) is 4.90 Å². The highest BCUT2D eigenvalue weighted by molar-refractivity contribution is 5.99. The lowest BCUT2D eigenvalue weighted by Crippen LogP contribution is -2.48. The number of aromatic carboxylic acids is 1. The second kappa shape index (κ2) is 8.25. The van der Waals surface area contributed by atoms with Gasteiger partial charge in [0.25, 0.3) is 0 Å². The number of carbonyl (C=O) groups is 2. The number of anilines is 1. The average molecular weight is 394 g/mol. The summed E-state index contributed by atoms with van der Waals surface area (Å²) in [6, 6.07) is 16.6. The molecule has 6 nitrogen and oxygen atoms in total. The van der Waals surface area contributed by atoms with Gasteiger partial charge in [0.15, 0.2) is 0 Å². The molecule has 2 heterocycles. The third kappa shape index (κ3) is 4.43. The van der Waals surface area contributed by atoms with Gasteiger partial charge in [0.2, 0.25) is 0 Å². The minimum Gasteiger partial charge on any atom is -0.478 e. The van der Waals surface area contributed by atoms with Crippen molar-refractivity contribution < 1.29 is 19.4 Å². The topological polar surface area (TPSA) is 78.9 Å². The molecule has 1 atom stereocenters. The molecule has 2 aliphatic rings. The summed E-state index contributed by atoms with van der Waals surface area (Å²) in [7, 11) is 0. The molecule has 0 aromatic heterocycles. The Morgan fingerprint density at radius 1 is 1.03 bits per heavy atom. The van der Waals surface area contributed by atoms with Gasteiger partial charge >= 0.3 is 12.0 Å². The normalized spacial score (nSPS) is 20.6. The van der Waals surface area contributed by atoms with E-state index in [0.717, 1.165) is 32.1 Å². The predicted molar refractivity (Wildman–Crippen MR) is 110 cm³/mol. The zero-order chi connectivity index (χ0) is 20.3. The fourth-order valence-electron chi connectivity index (χ4n) is 4.37. The molecule has 2 N–H and O–H groups in total. The number of hydrogen-bond donors (Lipinski definition) is 2. The molecule has 2 aliphatic heterocycles. The second-order valence-corrected chi connectivity index (χ2v) is 7.92. The van der Waals surface area contributed by atoms with Gasteiger partial charge in [-0.25, -0.2) is 9.59 Å². The maximum Gasteiger partial charge on any atom is 0.337 e. The smallest absolute Gasteiger partial charge is 0.337 e. The highest BCUT2D eigenvalue weighted by Gasteiger charge is 2.43. The Kier molecular flexibility index (Phi) is 5.53. The lowest BCUT2D eigenvalue weighted by atomic mass is 9.88. The Bertz CT molecular complexity index is 875. The average Bonchev–Trinajstić information content (AvgIpc) is 3.11. The molecule has 2 aromatic carbocycles. The molecule has 2 saturated heterocycles. The fraction of sp³-hybridized carbons (Fsp3) is 0.391. The number of para-hydroxylation sites is 1. The number of ether oxygens (including phenoxy) is 1. The summed E-state index contributed by atoms with van der Waals surface area (Å²) in [5, 5.41) is 12.0. The molecule has 2 fully saturated rings. The molecule has 0 radical (unpaired) electrons. The Labute approximate surface area is 170 Å². The monoisotopic (exact) mass is 394 g/mol. The van der Waals surface area contributed by atoms with Crippen molar-refractivity contribution in [3.8, 4) is 0 Å². The van der Waals surface area contributed by atoms with Crippen LogP contribution in [0.15, 0.2) is 54.6 Å². The summed E-state index contributed by atoms with van der Waals surface area (Å²) in [6.07, 6.45) is 4.87. The van der Waals surface area contributed by atoms with Crippen LogP contribution in [0.25, 0.3) is 0 Å². The summed E-state index contributed by atoms with van der Waals surface area (Å²) in [6.45, 7) is 1.22. The molecule has 0 aliphatic carbocycles. The molecule has 0 bridgehead atoms. The van der Waals surface area contributed by atoms with Crippen molar-refractivity contribution in [1.29, 1.82) is 0 Å². The first-order valence-corrected chi connectivity index (χ1v) is 10.1. The van der Waals surface area contributed by atoms with Crippen molar-refractivity contribution in [2.45, 2.75) is 43.8 Å². The first-order chi connectivity index (χ1) is 14.0. The van der Waals surface area contributed by atoms with Gasteiger partial charge in [-0.05, 0) is 49.8 Å². The van der Waals surface area contributed by atoms with Crippen LogP contribution in [-0.4, -0.2) is 46.8 Å². The molecule has 29 heavy (non-hydrogen) atoms. The van der Waals surface area contributed by atoms with Gasteiger partial charge < -0.3 is 20.1 Å². The number of carboxylic acids is 1. The fourth-order valence-corrected chi connectivity index (χ4v) is 4.37. The van der Waals surface area contributed by atoms with Gasteiger partial charge in [0.05, 0.1) is 23.0 Å². The number of rotatable bonds is 4. The number of carbonyl (C=O) groups excluding carboxylic acids is 1. The van der Waals surface area contributed by atoms with Crippen molar-refractivity contribution in [2.24, 2.45) is 0 Å². The Morgan fingerprint density at radius 2 is 1.72 bits per heavy atom. The molecule has 0 saturated carbocycles. The number of hydrogen-bond acceptors (Lipinski definition) is 3. The lowest BCUT2D eigenvalue weighted by Gasteiger charge is -2.39. The van der Waals surface area contributed by atoms with E-state index in [1.165, 1.54) is 11.6 Å². The van der Waals surface area contributed by atoms with Crippen LogP contribution in [0.1, 0.15) is 41.6 Å². The third-order valence-electron chi connectivity index (χ3n) is 6.01. The SMILES string of the molecule is O=C(O)c1ccccc1NC(=O)N1CCC2(CCC(Cc3ccccc3)O2)CC1. The van der Waals surface area contributed by atoms with Gasteiger partial charge in [-0.2, -0.15) is 0 Å². The van der Waals surface area contributed by atoms with Crippen molar-refractivity contribution in [3.05, 3.63) is 65.7 Å². The van der Waals surface area contributed by atoms with Crippen molar-refractivity contribution in [3.63, 3.8) is 0 Å². The molecular weight excluding hydrogens is 368 g/mol. The van der Waals surface area contributed by atoms with E-state index in [-0.39, 0.29) is 23.3 Å². The van der Waals surface area contributed by atoms with E-state index in [1.807, 2.05) is 6.07 Å². The zero-order valence-corrected chi connectivity index (χ0v) is 16.3. The highest BCUT2D eigenvalue weighted by atomic mass is 16.5. The predicted octanol–water partition coefficient (Wildman–Crippen LogP) is 4.17. The van der Waals surface area contributed by atoms with E-state index in [1.54, 1.807) is 23.1 Å². The van der Waals surface area contributed by atoms with Crippen LogP contribution >= 0.6 is 0 Å². The van der Waals surface area contributed by atoms with E-state index < -0.39 is 5.97 Å². The third-order valence-corrected chi connectivity index (χ3v) is 6.01. The van der Waals surface area contributed by atoms with Crippen LogP contribution in [0.5, 0.6) is 0 Å². The number of likely N-dealkylation sites (tertiary alicyclic amines) is 1. The van der Waals surface area contributed by atoms with E-state index in [9.17, 15) is 14.7 Å². The van der Waals surface area contributed by atoms with Gasteiger partial charge in [0.1, 0.15) is 0 Å². The van der Waals surface area contributed by atoms with Gasteiger partial charge in [-0.1, -0.05) is 42.5 Å². The number of amides is 2. The van der Waals surface area contributed by atoms with Gasteiger partial charge in [0, 0.05) is 13.1 Å². The molecule has 4 rings (SSSR count). The summed E-state index contributed by atoms with van der Waals surface area (Å²) >= 11 is 0. The van der Waals surface area contributed by atoms with E-state index in [4.69, 9.17) is 4.74 Å². The number of urea groups is 1. The van der Waals surface area contributed by atoms with Crippen LogP contribution in [0.3, 0.4) is 0 Å². The van der Waals surface area contributed by atoms with E-state index >= 15 is 0 Å². The van der Waals surface area contributed by atoms with Crippen LogP contribution in [0.4, 0.5) is 10.5 Å². The van der Waals surface area contributed by atoms with Crippen molar-refractivity contribution >= 4 is 17.7 Å². The summed E-state index contributed by atoms with van der Waals surface area (Å²) in [5.41, 5.74) is 1.58. The largest absolute Gasteiger partial charge is 0.478 e. The lowest BCUT2D eigenvalue weighted by molar-refractivity contribution is -0.0704. The zero-order valence-electron chi connectivity index (χ0n) is 16.3. The molecular formula is C23H26N2O4. The summed E-state index contributed by atoms with van der Waals surface area (Å²) in [5.74, 6) is -1.05.